The zero-order chi connectivity index (χ0) is 20.2. The quantitative estimate of drug-likeness (QED) is 0.467. The number of esters is 1. The van der Waals surface area contributed by atoms with Gasteiger partial charge < -0.3 is 9.15 Å². The van der Waals surface area contributed by atoms with E-state index < -0.39 is 5.97 Å². The molecule has 0 spiro atoms. The Balaban J connectivity index is 1.69. The third-order valence-electron chi connectivity index (χ3n) is 4.65. The second-order valence-electron chi connectivity index (χ2n) is 6.72. The molecule has 0 N–H and O–H groups in total. The van der Waals surface area contributed by atoms with E-state index in [2.05, 4.69) is 15.3 Å². The second kappa shape index (κ2) is 8.10. The molecule has 0 radical (unpaired) electrons. The highest BCUT2D eigenvalue weighted by Gasteiger charge is 2.24. The monoisotopic (exact) mass is 388 g/mol. The molecule has 0 aliphatic rings. The van der Waals surface area contributed by atoms with E-state index in [9.17, 15) is 4.79 Å². The molecule has 0 fully saturated rings. The third kappa shape index (κ3) is 4.08. The number of carbonyl (C=O) groups excluding carboxylic acids is 1. The number of carbonyl (C=O) groups is 1. The minimum atomic E-state index is -0.544. The maximum Gasteiger partial charge on any atom is 0.360 e. The van der Waals surface area contributed by atoms with Gasteiger partial charge >= 0.3 is 5.97 Å². The molecule has 0 saturated heterocycles. The normalized spacial score (nSPS) is 11.9. The van der Waals surface area contributed by atoms with Crippen molar-refractivity contribution in [1.82, 2.24) is 20.0 Å². The Kier molecular flexibility index (Phi) is 5.20. The maximum absolute atomic E-state index is 11.8. The van der Waals surface area contributed by atoms with Crippen LogP contribution in [0.3, 0.4) is 0 Å². The number of aromatic nitrogens is 4. The van der Waals surface area contributed by atoms with Crippen LogP contribution >= 0.6 is 0 Å². The van der Waals surface area contributed by atoms with E-state index in [1.807, 2.05) is 67.7 Å². The molecule has 4 aromatic rings. The number of ether oxygens (including phenoxy) is 1. The highest BCUT2D eigenvalue weighted by molar-refractivity contribution is 5.86. The van der Waals surface area contributed by atoms with Gasteiger partial charge in [-0.3, -0.25) is 0 Å². The van der Waals surface area contributed by atoms with Crippen molar-refractivity contribution in [3.8, 4) is 11.3 Å². The van der Waals surface area contributed by atoms with Crippen molar-refractivity contribution in [2.75, 3.05) is 7.11 Å². The van der Waals surface area contributed by atoms with E-state index in [4.69, 9.17) is 9.15 Å². The van der Waals surface area contributed by atoms with Gasteiger partial charge in [0.25, 0.3) is 0 Å². The minimum Gasteiger partial charge on any atom is -0.464 e. The summed E-state index contributed by atoms with van der Waals surface area (Å²) in [5, 5.41) is 8.63. The summed E-state index contributed by atoms with van der Waals surface area (Å²) >= 11 is 0. The van der Waals surface area contributed by atoms with E-state index in [1.165, 1.54) is 18.9 Å². The van der Waals surface area contributed by atoms with Crippen molar-refractivity contribution in [3.63, 3.8) is 0 Å². The lowest BCUT2D eigenvalue weighted by atomic mass is 10.1. The number of rotatable bonds is 6. The van der Waals surface area contributed by atoms with Crippen molar-refractivity contribution in [1.29, 1.82) is 0 Å². The summed E-state index contributed by atoms with van der Waals surface area (Å²) in [5.74, 6) is -0.174. The van der Waals surface area contributed by atoms with Crippen LogP contribution in [0.1, 0.15) is 33.5 Å². The van der Waals surface area contributed by atoms with E-state index in [0.717, 1.165) is 16.8 Å². The summed E-state index contributed by atoms with van der Waals surface area (Å²) in [7, 11) is 1.31. The van der Waals surface area contributed by atoms with Crippen LogP contribution in [0.5, 0.6) is 0 Å². The first kappa shape index (κ1) is 18.6. The molecule has 0 bridgehead atoms. The average molecular weight is 388 g/mol. The van der Waals surface area contributed by atoms with Crippen LogP contribution in [0.2, 0.25) is 0 Å². The van der Waals surface area contributed by atoms with Gasteiger partial charge in [-0.15, -0.1) is 5.10 Å². The highest BCUT2D eigenvalue weighted by Crippen LogP contribution is 2.25. The first-order valence-corrected chi connectivity index (χ1v) is 9.20. The van der Waals surface area contributed by atoms with Crippen molar-refractivity contribution >= 4 is 5.97 Å². The van der Waals surface area contributed by atoms with Crippen LogP contribution in [0, 0.1) is 6.92 Å². The summed E-state index contributed by atoms with van der Waals surface area (Å²) in [6.07, 6.45) is 3.75. The van der Waals surface area contributed by atoms with Crippen LogP contribution in [0.25, 0.3) is 11.3 Å². The molecular formula is C22H20N4O3. The van der Waals surface area contributed by atoms with Crippen molar-refractivity contribution in [2.45, 2.75) is 19.4 Å². The fourth-order valence-electron chi connectivity index (χ4n) is 3.06. The predicted molar refractivity (Wildman–Crippen MR) is 106 cm³/mol. The van der Waals surface area contributed by atoms with Gasteiger partial charge in [-0.1, -0.05) is 65.4 Å². The van der Waals surface area contributed by atoms with Crippen molar-refractivity contribution in [3.05, 3.63) is 89.8 Å². The van der Waals surface area contributed by atoms with Crippen molar-refractivity contribution in [2.24, 2.45) is 0 Å². The standard InChI is InChI=1S/C22H20N4O3/c1-15-8-10-17(11-9-15)18-13-26(25-24-18)20(12-16-6-4-3-5-7-16)21-23-19(14-29-21)22(27)28-2/h3-11,13-14,20H,12H2,1-2H3/t20-/m0/s1. The number of hydrogen-bond donors (Lipinski definition) is 0. The van der Waals surface area contributed by atoms with Gasteiger partial charge in [-0.2, -0.15) is 0 Å². The van der Waals surface area contributed by atoms with Crippen LogP contribution in [-0.4, -0.2) is 33.1 Å². The topological polar surface area (TPSA) is 83.0 Å². The van der Waals surface area contributed by atoms with E-state index in [-0.39, 0.29) is 11.7 Å². The maximum atomic E-state index is 11.8. The smallest absolute Gasteiger partial charge is 0.360 e. The Morgan fingerprint density at radius 2 is 1.90 bits per heavy atom. The average Bonchev–Trinajstić information content (AvgIpc) is 3.43. The number of aryl methyl sites for hydroxylation is 1. The van der Waals surface area contributed by atoms with Crippen LogP contribution in [0.15, 0.2) is 71.5 Å². The Labute approximate surface area is 168 Å². The number of methoxy groups -OCH3 is 1. The number of oxazole rings is 1. The predicted octanol–water partition coefficient (Wildman–Crippen LogP) is 3.86. The fourth-order valence-corrected chi connectivity index (χ4v) is 3.06. The van der Waals surface area contributed by atoms with Gasteiger partial charge in [-0.05, 0) is 12.5 Å². The Bertz CT molecular complexity index is 1100. The molecule has 0 aliphatic carbocycles. The molecule has 4 rings (SSSR count). The Morgan fingerprint density at radius 3 is 2.62 bits per heavy atom. The molecule has 1 atom stereocenters. The fraction of sp³-hybridized carbons (Fsp3) is 0.182. The lowest BCUT2D eigenvalue weighted by Gasteiger charge is -2.13. The van der Waals surface area contributed by atoms with Gasteiger partial charge in [-0.25, -0.2) is 14.5 Å². The second-order valence-corrected chi connectivity index (χ2v) is 6.72. The molecule has 0 unspecified atom stereocenters. The van der Waals surface area contributed by atoms with Crippen LogP contribution in [0.4, 0.5) is 0 Å². The summed E-state index contributed by atoms with van der Waals surface area (Å²) in [6.45, 7) is 2.04. The molecule has 0 amide bonds. The number of benzene rings is 2. The largest absolute Gasteiger partial charge is 0.464 e. The van der Waals surface area contributed by atoms with E-state index in [0.29, 0.717) is 12.3 Å². The van der Waals surface area contributed by atoms with Gasteiger partial charge in [0.2, 0.25) is 5.89 Å². The SMILES string of the molecule is COC(=O)c1coc([C@H](Cc2ccccc2)n2cc(-c3ccc(C)cc3)nn2)n1. The van der Waals surface area contributed by atoms with Crippen LogP contribution < -0.4 is 0 Å². The summed E-state index contributed by atoms with van der Waals surface area (Å²) in [6, 6.07) is 17.7. The molecule has 2 aromatic heterocycles. The molecule has 2 aromatic carbocycles. The molecule has 7 nitrogen and oxygen atoms in total. The number of hydrogen-bond acceptors (Lipinski definition) is 6. The van der Waals surface area contributed by atoms with Crippen molar-refractivity contribution < 1.29 is 13.9 Å². The molecule has 7 heteroatoms. The lowest BCUT2D eigenvalue weighted by molar-refractivity contribution is 0.0594. The lowest BCUT2D eigenvalue weighted by Crippen LogP contribution is -2.15. The third-order valence-corrected chi connectivity index (χ3v) is 4.65. The Morgan fingerprint density at radius 1 is 1.14 bits per heavy atom. The summed E-state index contributed by atoms with van der Waals surface area (Å²) < 4.78 is 12.1. The van der Waals surface area contributed by atoms with Gasteiger partial charge in [0.15, 0.2) is 5.69 Å². The molecule has 29 heavy (non-hydrogen) atoms. The van der Waals surface area contributed by atoms with E-state index in [1.54, 1.807) is 4.68 Å². The molecule has 146 valence electrons. The van der Waals surface area contributed by atoms with Gasteiger partial charge in [0.1, 0.15) is 18.0 Å². The first-order valence-electron chi connectivity index (χ1n) is 9.20. The van der Waals surface area contributed by atoms with Gasteiger partial charge in [0, 0.05) is 12.0 Å². The minimum absolute atomic E-state index is 0.124. The Hall–Kier alpha value is -3.74. The van der Waals surface area contributed by atoms with E-state index >= 15 is 0 Å². The summed E-state index contributed by atoms with van der Waals surface area (Å²) in [4.78, 5) is 16.1. The highest BCUT2D eigenvalue weighted by atomic mass is 16.5. The number of nitrogens with zero attached hydrogens (tertiary/aromatic N) is 4. The zero-order valence-corrected chi connectivity index (χ0v) is 16.1. The summed E-state index contributed by atoms with van der Waals surface area (Å²) in [5.41, 5.74) is 4.12. The molecule has 2 heterocycles. The first-order chi connectivity index (χ1) is 14.1. The van der Waals surface area contributed by atoms with Crippen LogP contribution in [-0.2, 0) is 11.2 Å². The zero-order valence-electron chi connectivity index (χ0n) is 16.1. The molecular weight excluding hydrogens is 368 g/mol. The molecule has 0 aliphatic heterocycles. The van der Waals surface area contributed by atoms with Gasteiger partial charge in [0.05, 0.1) is 13.3 Å². The molecule has 0 saturated carbocycles.